The standard InChI is InChI=1S/C9H15NO2/c1-2-9(12)10-8-4-3-7(5-8)6-11/h6-8H,2-5H2,1H3,(H,10,12). The number of rotatable bonds is 3. The molecule has 12 heavy (non-hydrogen) atoms. The summed E-state index contributed by atoms with van der Waals surface area (Å²) in [5.41, 5.74) is 0. The molecule has 0 saturated heterocycles. The van der Waals surface area contributed by atoms with Crippen LogP contribution in [0.3, 0.4) is 0 Å². The maximum absolute atomic E-state index is 11.0. The summed E-state index contributed by atoms with van der Waals surface area (Å²) >= 11 is 0. The topological polar surface area (TPSA) is 46.2 Å². The van der Waals surface area contributed by atoms with Crippen LogP contribution in [0.4, 0.5) is 0 Å². The Bertz CT molecular complexity index is 179. The lowest BCUT2D eigenvalue weighted by Crippen LogP contribution is -2.32. The number of carbonyl (C=O) groups is 2. The fourth-order valence-corrected chi connectivity index (χ4v) is 1.60. The van der Waals surface area contributed by atoms with Gasteiger partial charge in [-0.25, -0.2) is 0 Å². The Morgan fingerprint density at radius 3 is 2.83 bits per heavy atom. The lowest BCUT2D eigenvalue weighted by Gasteiger charge is -2.10. The van der Waals surface area contributed by atoms with Crippen molar-refractivity contribution in [1.29, 1.82) is 0 Å². The second-order valence-corrected chi connectivity index (χ2v) is 3.33. The van der Waals surface area contributed by atoms with Crippen LogP contribution in [-0.4, -0.2) is 18.2 Å². The van der Waals surface area contributed by atoms with Crippen molar-refractivity contribution in [2.45, 2.75) is 38.6 Å². The Hall–Kier alpha value is -0.860. The summed E-state index contributed by atoms with van der Waals surface area (Å²) in [6.45, 7) is 1.83. The van der Waals surface area contributed by atoms with Crippen LogP contribution in [0.2, 0.25) is 0 Å². The number of hydrogen-bond acceptors (Lipinski definition) is 2. The number of amides is 1. The zero-order valence-corrected chi connectivity index (χ0v) is 7.38. The third kappa shape index (κ3) is 2.32. The van der Waals surface area contributed by atoms with Gasteiger partial charge in [-0.05, 0) is 19.3 Å². The molecule has 1 aliphatic carbocycles. The number of aldehydes is 1. The molecule has 0 aromatic rings. The van der Waals surface area contributed by atoms with Gasteiger partial charge in [0.05, 0.1) is 0 Å². The van der Waals surface area contributed by atoms with Crippen LogP contribution in [0, 0.1) is 5.92 Å². The molecule has 0 aliphatic heterocycles. The number of nitrogens with one attached hydrogen (secondary N) is 1. The number of hydrogen-bond donors (Lipinski definition) is 1. The van der Waals surface area contributed by atoms with Crippen LogP contribution in [0.1, 0.15) is 32.6 Å². The largest absolute Gasteiger partial charge is 0.353 e. The molecular formula is C9H15NO2. The third-order valence-electron chi connectivity index (χ3n) is 2.35. The van der Waals surface area contributed by atoms with E-state index in [0.29, 0.717) is 6.42 Å². The van der Waals surface area contributed by atoms with Crippen LogP contribution in [0.25, 0.3) is 0 Å². The summed E-state index contributed by atoms with van der Waals surface area (Å²) in [7, 11) is 0. The predicted octanol–water partition coefficient (Wildman–Crippen LogP) is 0.880. The van der Waals surface area contributed by atoms with E-state index in [0.717, 1.165) is 25.5 Å². The smallest absolute Gasteiger partial charge is 0.219 e. The van der Waals surface area contributed by atoms with Gasteiger partial charge >= 0.3 is 0 Å². The van der Waals surface area contributed by atoms with Gasteiger partial charge in [0.2, 0.25) is 5.91 Å². The molecule has 1 aliphatic rings. The van der Waals surface area contributed by atoms with Gasteiger partial charge in [-0.1, -0.05) is 6.92 Å². The Balaban J connectivity index is 2.27. The normalized spacial score (nSPS) is 28.4. The van der Waals surface area contributed by atoms with Crippen molar-refractivity contribution in [3.8, 4) is 0 Å². The van der Waals surface area contributed by atoms with Gasteiger partial charge in [-0.15, -0.1) is 0 Å². The molecule has 1 rings (SSSR count). The summed E-state index contributed by atoms with van der Waals surface area (Å²) < 4.78 is 0. The second-order valence-electron chi connectivity index (χ2n) is 3.33. The minimum absolute atomic E-state index is 0.0894. The summed E-state index contributed by atoms with van der Waals surface area (Å²) in [4.78, 5) is 21.4. The van der Waals surface area contributed by atoms with Crippen molar-refractivity contribution in [3.63, 3.8) is 0 Å². The molecule has 1 fully saturated rings. The summed E-state index contributed by atoms with van der Waals surface area (Å²) in [5, 5.41) is 2.90. The quantitative estimate of drug-likeness (QED) is 0.637. The molecular weight excluding hydrogens is 154 g/mol. The molecule has 1 saturated carbocycles. The van der Waals surface area contributed by atoms with Gasteiger partial charge in [0.25, 0.3) is 0 Å². The van der Waals surface area contributed by atoms with E-state index in [9.17, 15) is 9.59 Å². The first kappa shape index (κ1) is 9.23. The van der Waals surface area contributed by atoms with Gasteiger partial charge in [0, 0.05) is 18.4 Å². The first-order chi connectivity index (χ1) is 5.76. The minimum atomic E-state index is 0.0894. The fraction of sp³-hybridized carbons (Fsp3) is 0.778. The Labute approximate surface area is 72.5 Å². The van der Waals surface area contributed by atoms with Crippen molar-refractivity contribution in [3.05, 3.63) is 0 Å². The van der Waals surface area contributed by atoms with Crippen molar-refractivity contribution in [1.82, 2.24) is 5.32 Å². The summed E-state index contributed by atoms with van der Waals surface area (Å²) in [6.07, 6.45) is 4.24. The van der Waals surface area contributed by atoms with Crippen molar-refractivity contribution >= 4 is 12.2 Å². The molecule has 0 heterocycles. The lowest BCUT2D eigenvalue weighted by molar-refractivity contribution is -0.121. The lowest BCUT2D eigenvalue weighted by atomic mass is 10.1. The molecule has 1 amide bonds. The Kier molecular flexibility index (Phi) is 3.26. The highest BCUT2D eigenvalue weighted by atomic mass is 16.1. The first-order valence-corrected chi connectivity index (χ1v) is 4.51. The summed E-state index contributed by atoms with van der Waals surface area (Å²) in [6, 6.07) is 0.243. The third-order valence-corrected chi connectivity index (χ3v) is 2.35. The molecule has 0 radical (unpaired) electrons. The van der Waals surface area contributed by atoms with Gasteiger partial charge in [0.1, 0.15) is 6.29 Å². The molecule has 3 nitrogen and oxygen atoms in total. The van der Waals surface area contributed by atoms with Crippen molar-refractivity contribution in [2.24, 2.45) is 5.92 Å². The highest BCUT2D eigenvalue weighted by molar-refractivity contribution is 5.75. The zero-order chi connectivity index (χ0) is 8.97. The first-order valence-electron chi connectivity index (χ1n) is 4.51. The second kappa shape index (κ2) is 4.24. The number of carbonyl (C=O) groups excluding carboxylic acids is 2. The minimum Gasteiger partial charge on any atom is -0.353 e. The molecule has 2 atom stereocenters. The van der Waals surface area contributed by atoms with Crippen LogP contribution >= 0.6 is 0 Å². The van der Waals surface area contributed by atoms with E-state index in [4.69, 9.17) is 0 Å². The monoisotopic (exact) mass is 169 g/mol. The van der Waals surface area contributed by atoms with Gasteiger partial charge in [-0.2, -0.15) is 0 Å². The van der Waals surface area contributed by atoms with E-state index >= 15 is 0 Å². The molecule has 0 aromatic carbocycles. The predicted molar refractivity (Wildman–Crippen MR) is 45.6 cm³/mol. The summed E-state index contributed by atoms with van der Waals surface area (Å²) in [5.74, 6) is 0.263. The molecule has 0 aromatic heterocycles. The van der Waals surface area contributed by atoms with Gasteiger partial charge in [-0.3, -0.25) is 4.79 Å². The average molecular weight is 169 g/mol. The molecule has 0 spiro atoms. The molecule has 68 valence electrons. The Morgan fingerprint density at radius 1 is 1.58 bits per heavy atom. The maximum Gasteiger partial charge on any atom is 0.219 e. The van der Waals surface area contributed by atoms with E-state index in [1.807, 2.05) is 6.92 Å². The van der Waals surface area contributed by atoms with Crippen molar-refractivity contribution < 1.29 is 9.59 Å². The van der Waals surface area contributed by atoms with Crippen LogP contribution in [0.15, 0.2) is 0 Å². The molecule has 1 N–H and O–H groups in total. The van der Waals surface area contributed by atoms with Crippen molar-refractivity contribution in [2.75, 3.05) is 0 Å². The van der Waals surface area contributed by atoms with E-state index in [-0.39, 0.29) is 17.9 Å². The van der Waals surface area contributed by atoms with E-state index in [1.54, 1.807) is 0 Å². The average Bonchev–Trinajstić information content (AvgIpc) is 2.52. The molecule has 0 bridgehead atoms. The zero-order valence-electron chi connectivity index (χ0n) is 7.38. The van der Waals surface area contributed by atoms with E-state index < -0.39 is 0 Å². The molecule has 3 heteroatoms. The maximum atomic E-state index is 11.0. The van der Waals surface area contributed by atoms with Gasteiger partial charge < -0.3 is 10.1 Å². The fourth-order valence-electron chi connectivity index (χ4n) is 1.60. The van der Waals surface area contributed by atoms with Crippen LogP contribution in [0.5, 0.6) is 0 Å². The van der Waals surface area contributed by atoms with E-state index in [2.05, 4.69) is 5.32 Å². The SMILES string of the molecule is CCC(=O)NC1CCC(C=O)C1. The van der Waals surface area contributed by atoms with E-state index in [1.165, 1.54) is 0 Å². The molecule has 2 unspecified atom stereocenters. The highest BCUT2D eigenvalue weighted by Gasteiger charge is 2.24. The van der Waals surface area contributed by atoms with Crippen LogP contribution < -0.4 is 5.32 Å². The van der Waals surface area contributed by atoms with Crippen LogP contribution in [-0.2, 0) is 9.59 Å². The highest BCUT2D eigenvalue weighted by Crippen LogP contribution is 2.23. The van der Waals surface area contributed by atoms with Gasteiger partial charge in [0.15, 0.2) is 0 Å². The Morgan fingerprint density at radius 2 is 2.33 bits per heavy atom.